The fraction of sp³-hybridized carbons (Fsp3) is 0.133. The second-order valence-electron chi connectivity index (χ2n) is 4.71. The molecular weight excluding hydrogens is 340 g/mol. The van der Waals surface area contributed by atoms with Crippen LogP contribution in [0.1, 0.15) is 11.6 Å². The van der Waals surface area contributed by atoms with Crippen molar-refractivity contribution in [3.63, 3.8) is 0 Å². The third-order valence-corrected chi connectivity index (χ3v) is 4.24. The Labute approximate surface area is 130 Å². The Morgan fingerprint density at radius 3 is 2.25 bits per heavy atom. The van der Waals surface area contributed by atoms with E-state index < -0.39 is 6.04 Å². The number of halogens is 2. The Hall–Kier alpha value is -1.36. The lowest BCUT2D eigenvalue weighted by molar-refractivity contribution is -0.126. The molecule has 3 nitrogen and oxygen atoms in total. The number of nitrogens with two attached hydrogens (primary N) is 1. The molecule has 0 spiro atoms. The van der Waals surface area contributed by atoms with Crippen molar-refractivity contribution in [2.24, 2.45) is 5.73 Å². The molecule has 2 aromatic rings. The third kappa shape index (κ3) is 2.24. The maximum atomic E-state index is 12.1. The molecule has 20 heavy (non-hydrogen) atoms. The van der Waals surface area contributed by atoms with Gasteiger partial charge in [-0.1, -0.05) is 39.7 Å². The predicted molar refractivity (Wildman–Crippen MR) is 83.8 cm³/mol. The lowest BCUT2D eigenvalue weighted by Crippen LogP contribution is -2.63. The van der Waals surface area contributed by atoms with Crippen LogP contribution in [-0.2, 0) is 4.79 Å². The van der Waals surface area contributed by atoms with Gasteiger partial charge in [0.05, 0.1) is 6.04 Å². The quantitative estimate of drug-likeness (QED) is 0.842. The van der Waals surface area contributed by atoms with Crippen LogP contribution < -0.4 is 10.6 Å². The van der Waals surface area contributed by atoms with E-state index in [9.17, 15) is 4.79 Å². The molecule has 0 saturated carbocycles. The molecule has 2 aromatic carbocycles. The van der Waals surface area contributed by atoms with Crippen molar-refractivity contribution in [1.29, 1.82) is 0 Å². The molecule has 1 heterocycles. The minimum atomic E-state index is -0.500. The van der Waals surface area contributed by atoms with Crippen LogP contribution >= 0.6 is 27.5 Å². The van der Waals surface area contributed by atoms with Gasteiger partial charge in [-0.05, 0) is 42.0 Å². The number of β-lactam (4-membered cyclic amide) rings is 1. The lowest BCUT2D eigenvalue weighted by atomic mass is 9.88. The van der Waals surface area contributed by atoms with Gasteiger partial charge < -0.3 is 10.6 Å². The number of carbonyl (C=O) groups is 1. The Morgan fingerprint density at radius 2 is 1.65 bits per heavy atom. The smallest absolute Gasteiger partial charge is 0.247 e. The first-order valence-corrected chi connectivity index (χ1v) is 7.35. The van der Waals surface area contributed by atoms with E-state index in [0.717, 1.165) is 15.7 Å². The van der Waals surface area contributed by atoms with E-state index in [4.69, 9.17) is 17.3 Å². The highest BCUT2D eigenvalue weighted by atomic mass is 79.9. The zero-order valence-corrected chi connectivity index (χ0v) is 12.8. The SMILES string of the molecule is N[C@H]1C(=O)N(c2ccc(Br)cc2)[C@@H]1c1ccc(Cl)cc1. The van der Waals surface area contributed by atoms with Crippen LogP contribution in [0.4, 0.5) is 5.69 Å². The van der Waals surface area contributed by atoms with Crippen molar-refractivity contribution in [3.8, 4) is 0 Å². The Kier molecular flexibility index (Phi) is 3.54. The van der Waals surface area contributed by atoms with E-state index in [0.29, 0.717) is 5.02 Å². The number of benzene rings is 2. The molecule has 0 radical (unpaired) electrons. The summed E-state index contributed by atoms with van der Waals surface area (Å²) in [5.74, 6) is -0.0627. The summed E-state index contributed by atoms with van der Waals surface area (Å²) in [5, 5.41) is 0.670. The summed E-state index contributed by atoms with van der Waals surface area (Å²) in [6, 6.07) is 14.4. The van der Waals surface area contributed by atoms with Crippen molar-refractivity contribution >= 4 is 39.1 Å². The van der Waals surface area contributed by atoms with Crippen molar-refractivity contribution in [2.45, 2.75) is 12.1 Å². The van der Waals surface area contributed by atoms with Crippen molar-refractivity contribution in [3.05, 3.63) is 63.6 Å². The van der Waals surface area contributed by atoms with Gasteiger partial charge >= 0.3 is 0 Å². The van der Waals surface area contributed by atoms with Crippen LogP contribution in [0, 0.1) is 0 Å². The van der Waals surface area contributed by atoms with E-state index in [1.165, 1.54) is 0 Å². The molecule has 0 aromatic heterocycles. The van der Waals surface area contributed by atoms with Crippen LogP contribution in [0.5, 0.6) is 0 Å². The zero-order valence-electron chi connectivity index (χ0n) is 10.5. The number of nitrogens with zero attached hydrogens (tertiary/aromatic N) is 1. The molecule has 1 amide bonds. The molecule has 0 unspecified atom stereocenters. The van der Waals surface area contributed by atoms with E-state index in [1.807, 2.05) is 48.5 Å². The zero-order chi connectivity index (χ0) is 14.3. The van der Waals surface area contributed by atoms with Gasteiger partial charge in [0.15, 0.2) is 0 Å². The standard InChI is InChI=1S/C15H12BrClN2O/c16-10-3-7-12(8-4-10)19-14(13(18)15(19)20)9-1-5-11(17)6-2-9/h1-8,13-14H,18H2/t13-,14-/m1/s1. The van der Waals surface area contributed by atoms with Crippen molar-refractivity contribution < 1.29 is 4.79 Å². The topological polar surface area (TPSA) is 46.3 Å². The number of carbonyl (C=O) groups excluding carboxylic acids is 1. The highest BCUT2D eigenvalue weighted by Crippen LogP contribution is 2.38. The molecule has 5 heteroatoms. The first-order chi connectivity index (χ1) is 9.58. The number of amides is 1. The predicted octanol–water partition coefficient (Wildman–Crippen LogP) is 3.52. The lowest BCUT2D eigenvalue weighted by Gasteiger charge is -2.45. The van der Waals surface area contributed by atoms with Gasteiger partial charge in [-0.15, -0.1) is 0 Å². The first kappa shape index (κ1) is 13.6. The Balaban J connectivity index is 1.95. The first-order valence-electron chi connectivity index (χ1n) is 6.17. The van der Waals surface area contributed by atoms with E-state index in [1.54, 1.807) is 4.90 Å². The summed E-state index contributed by atoms with van der Waals surface area (Å²) in [6.45, 7) is 0. The number of anilines is 1. The average Bonchev–Trinajstić information content (AvgIpc) is 2.46. The van der Waals surface area contributed by atoms with Crippen LogP contribution in [0.15, 0.2) is 53.0 Å². The third-order valence-electron chi connectivity index (χ3n) is 3.46. The Bertz CT molecular complexity index is 642. The summed E-state index contributed by atoms with van der Waals surface area (Å²) in [6.07, 6.45) is 0. The highest BCUT2D eigenvalue weighted by molar-refractivity contribution is 9.10. The molecule has 102 valence electrons. The summed E-state index contributed by atoms with van der Waals surface area (Å²) >= 11 is 9.28. The van der Waals surface area contributed by atoms with Crippen LogP contribution in [0.2, 0.25) is 5.02 Å². The molecule has 1 aliphatic rings. The number of hydrogen-bond donors (Lipinski definition) is 1. The molecule has 1 saturated heterocycles. The summed E-state index contributed by atoms with van der Waals surface area (Å²) in [7, 11) is 0. The minimum Gasteiger partial charge on any atom is -0.318 e. The molecular formula is C15H12BrClN2O. The van der Waals surface area contributed by atoms with Crippen LogP contribution in [-0.4, -0.2) is 11.9 Å². The largest absolute Gasteiger partial charge is 0.318 e. The molecule has 1 fully saturated rings. The highest BCUT2D eigenvalue weighted by Gasteiger charge is 2.46. The average molecular weight is 352 g/mol. The fourth-order valence-electron chi connectivity index (χ4n) is 2.42. The number of hydrogen-bond acceptors (Lipinski definition) is 2. The fourth-order valence-corrected chi connectivity index (χ4v) is 2.81. The van der Waals surface area contributed by atoms with Gasteiger partial charge in [-0.3, -0.25) is 4.79 Å². The van der Waals surface area contributed by atoms with E-state index in [2.05, 4.69) is 15.9 Å². The van der Waals surface area contributed by atoms with Gasteiger partial charge in [0.1, 0.15) is 6.04 Å². The second-order valence-corrected chi connectivity index (χ2v) is 6.06. The second kappa shape index (κ2) is 5.20. The van der Waals surface area contributed by atoms with Gasteiger partial charge in [0, 0.05) is 15.2 Å². The number of rotatable bonds is 2. The monoisotopic (exact) mass is 350 g/mol. The molecule has 0 bridgehead atoms. The van der Waals surface area contributed by atoms with Gasteiger partial charge in [-0.25, -0.2) is 0 Å². The van der Waals surface area contributed by atoms with Crippen LogP contribution in [0.3, 0.4) is 0 Å². The molecule has 3 rings (SSSR count). The van der Waals surface area contributed by atoms with Gasteiger partial charge in [0.2, 0.25) is 5.91 Å². The molecule has 2 atom stereocenters. The van der Waals surface area contributed by atoms with E-state index >= 15 is 0 Å². The maximum Gasteiger partial charge on any atom is 0.247 e. The maximum absolute atomic E-state index is 12.1. The van der Waals surface area contributed by atoms with E-state index in [-0.39, 0.29) is 11.9 Å². The molecule has 0 aliphatic carbocycles. The normalized spacial score (nSPS) is 21.8. The summed E-state index contributed by atoms with van der Waals surface area (Å²) in [4.78, 5) is 13.8. The molecule has 2 N–H and O–H groups in total. The summed E-state index contributed by atoms with van der Waals surface area (Å²) in [5.41, 5.74) is 7.80. The van der Waals surface area contributed by atoms with Crippen molar-refractivity contribution in [2.75, 3.05) is 4.90 Å². The molecule has 1 aliphatic heterocycles. The minimum absolute atomic E-state index is 0.0627. The van der Waals surface area contributed by atoms with Gasteiger partial charge in [0.25, 0.3) is 0 Å². The van der Waals surface area contributed by atoms with Crippen LogP contribution in [0.25, 0.3) is 0 Å². The summed E-state index contributed by atoms with van der Waals surface area (Å²) < 4.78 is 0.974. The Morgan fingerprint density at radius 1 is 1.05 bits per heavy atom. The van der Waals surface area contributed by atoms with Gasteiger partial charge in [-0.2, -0.15) is 0 Å². The van der Waals surface area contributed by atoms with Crippen molar-refractivity contribution in [1.82, 2.24) is 0 Å².